The number of nitrogens with zero attached hydrogens (tertiary/aromatic N) is 2. The molecule has 0 saturated heterocycles. The van der Waals surface area contributed by atoms with E-state index in [0.717, 1.165) is 0 Å². The fourth-order valence-electron chi connectivity index (χ4n) is 2.20. The molecule has 27 heavy (non-hydrogen) atoms. The fourth-order valence-corrected chi connectivity index (χ4v) is 2.37. The van der Waals surface area contributed by atoms with Crippen LogP contribution in [0.2, 0.25) is 0 Å². The lowest BCUT2D eigenvalue weighted by atomic mass is 10.1. The van der Waals surface area contributed by atoms with Crippen molar-refractivity contribution in [2.75, 3.05) is 5.32 Å². The Morgan fingerprint density at radius 3 is 2.70 bits per heavy atom. The second-order valence-corrected chi connectivity index (χ2v) is 5.75. The van der Waals surface area contributed by atoms with Crippen LogP contribution in [0.25, 0.3) is 11.3 Å². The van der Waals surface area contributed by atoms with E-state index in [4.69, 9.17) is 16.6 Å². The van der Waals surface area contributed by atoms with E-state index in [-0.39, 0.29) is 16.6 Å². The first-order valence-corrected chi connectivity index (χ1v) is 8.12. The largest absolute Gasteiger partial charge is 0.455 e. The Morgan fingerprint density at radius 2 is 1.96 bits per heavy atom. The molecule has 0 aliphatic carbocycles. The third-order valence-electron chi connectivity index (χ3n) is 3.43. The lowest BCUT2D eigenvalue weighted by Crippen LogP contribution is -2.23. The number of nitro groups is 1. The number of benzene rings is 2. The quantitative estimate of drug-likeness (QED) is 0.295. The van der Waals surface area contributed by atoms with Crippen molar-refractivity contribution in [2.45, 2.75) is 0 Å². The number of anilines is 1. The average molecular weight is 384 g/mol. The molecule has 0 aliphatic heterocycles. The van der Waals surface area contributed by atoms with Crippen LogP contribution in [-0.2, 0) is 0 Å². The van der Waals surface area contributed by atoms with Crippen LogP contribution in [0.5, 0.6) is 0 Å². The summed E-state index contributed by atoms with van der Waals surface area (Å²) >= 11 is 5.08. The van der Waals surface area contributed by atoms with Crippen molar-refractivity contribution in [1.29, 1.82) is 0 Å². The molecule has 0 saturated carbocycles. The molecule has 0 radical (unpaired) electrons. The number of rotatable bonds is 5. The number of hydrazone groups is 1. The van der Waals surface area contributed by atoms with Gasteiger partial charge in [-0.2, -0.15) is 5.10 Å². The first-order valence-electron chi connectivity index (χ1n) is 7.71. The normalized spacial score (nSPS) is 10.7. The van der Waals surface area contributed by atoms with E-state index in [2.05, 4.69) is 15.8 Å². The van der Waals surface area contributed by atoms with Crippen molar-refractivity contribution >= 4 is 34.9 Å². The van der Waals surface area contributed by atoms with Crippen LogP contribution in [0.4, 0.5) is 15.8 Å². The van der Waals surface area contributed by atoms with Crippen LogP contribution in [0, 0.1) is 15.9 Å². The summed E-state index contributed by atoms with van der Waals surface area (Å²) in [7, 11) is 0. The number of nitro benzene ring substituents is 1. The molecule has 1 heterocycles. The first kappa shape index (κ1) is 18.2. The second kappa shape index (κ2) is 8.19. The van der Waals surface area contributed by atoms with E-state index >= 15 is 0 Å². The number of hydrogen-bond donors (Lipinski definition) is 2. The topological polar surface area (TPSA) is 92.7 Å². The molecule has 3 aromatic rings. The maximum atomic E-state index is 12.9. The molecule has 0 spiro atoms. The lowest BCUT2D eigenvalue weighted by Gasteiger charge is -2.06. The smallest absolute Gasteiger partial charge is 0.270 e. The van der Waals surface area contributed by atoms with Gasteiger partial charge in [-0.3, -0.25) is 15.5 Å². The molecule has 0 unspecified atom stereocenters. The molecule has 0 aliphatic rings. The minimum Gasteiger partial charge on any atom is -0.455 e. The van der Waals surface area contributed by atoms with Crippen molar-refractivity contribution in [1.82, 2.24) is 5.43 Å². The molecular formula is C18H13FN4O3S. The van der Waals surface area contributed by atoms with Crippen LogP contribution < -0.4 is 10.7 Å². The Labute approximate surface area is 158 Å². The highest BCUT2D eigenvalue weighted by molar-refractivity contribution is 7.80. The number of furan rings is 1. The first-order chi connectivity index (χ1) is 13.0. The SMILES string of the molecule is O=[N+]([O-])c1cccc(-c2ccc(/C=N/NC(=S)Nc3ccc(F)cc3)o2)c1. The van der Waals surface area contributed by atoms with Crippen molar-refractivity contribution < 1.29 is 13.7 Å². The maximum absolute atomic E-state index is 12.9. The molecule has 0 bridgehead atoms. The fraction of sp³-hybridized carbons (Fsp3) is 0. The summed E-state index contributed by atoms with van der Waals surface area (Å²) in [6.45, 7) is 0. The van der Waals surface area contributed by atoms with Gasteiger partial charge in [0.15, 0.2) is 5.11 Å². The number of hydrogen-bond acceptors (Lipinski definition) is 5. The number of non-ortho nitro benzene ring substituents is 1. The van der Waals surface area contributed by atoms with Gasteiger partial charge in [-0.25, -0.2) is 4.39 Å². The predicted molar refractivity (Wildman–Crippen MR) is 104 cm³/mol. The van der Waals surface area contributed by atoms with E-state index < -0.39 is 4.92 Å². The Kier molecular flexibility index (Phi) is 5.53. The zero-order chi connectivity index (χ0) is 19.2. The predicted octanol–water partition coefficient (Wildman–Crippen LogP) is 4.31. The van der Waals surface area contributed by atoms with Crippen LogP contribution >= 0.6 is 12.2 Å². The molecule has 9 heteroatoms. The zero-order valence-electron chi connectivity index (χ0n) is 13.8. The molecule has 136 valence electrons. The summed E-state index contributed by atoms with van der Waals surface area (Å²) in [5.41, 5.74) is 3.81. The van der Waals surface area contributed by atoms with Gasteiger partial charge in [0, 0.05) is 23.4 Å². The van der Waals surface area contributed by atoms with Crippen molar-refractivity contribution in [3.8, 4) is 11.3 Å². The minimum absolute atomic E-state index is 0.0157. The number of nitrogens with one attached hydrogen (secondary N) is 2. The summed E-state index contributed by atoms with van der Waals surface area (Å²) < 4.78 is 18.5. The van der Waals surface area contributed by atoms with Crippen LogP contribution in [0.15, 0.2) is 70.2 Å². The summed E-state index contributed by atoms with van der Waals surface area (Å²) in [5, 5.41) is 17.9. The molecule has 0 atom stereocenters. The van der Waals surface area contributed by atoms with Gasteiger partial charge in [0.2, 0.25) is 0 Å². The van der Waals surface area contributed by atoms with Crippen molar-refractivity contribution in [3.63, 3.8) is 0 Å². The van der Waals surface area contributed by atoms with Gasteiger partial charge in [0.1, 0.15) is 17.3 Å². The molecule has 2 aromatic carbocycles. The number of halogens is 1. The third-order valence-corrected chi connectivity index (χ3v) is 3.62. The van der Waals surface area contributed by atoms with E-state index in [9.17, 15) is 14.5 Å². The Bertz CT molecular complexity index is 1000. The lowest BCUT2D eigenvalue weighted by molar-refractivity contribution is -0.384. The summed E-state index contributed by atoms with van der Waals surface area (Å²) in [4.78, 5) is 10.4. The molecular weight excluding hydrogens is 371 g/mol. The second-order valence-electron chi connectivity index (χ2n) is 5.34. The van der Waals surface area contributed by atoms with E-state index in [0.29, 0.717) is 22.8 Å². The maximum Gasteiger partial charge on any atom is 0.270 e. The van der Waals surface area contributed by atoms with Gasteiger partial charge < -0.3 is 9.73 Å². The zero-order valence-corrected chi connectivity index (χ0v) is 14.6. The van der Waals surface area contributed by atoms with Gasteiger partial charge in [-0.05, 0) is 48.6 Å². The third kappa shape index (κ3) is 4.95. The summed E-state index contributed by atoms with van der Waals surface area (Å²) in [6.07, 6.45) is 1.42. The molecule has 0 fully saturated rings. The Morgan fingerprint density at radius 1 is 1.19 bits per heavy atom. The molecule has 3 rings (SSSR count). The average Bonchev–Trinajstić information content (AvgIpc) is 3.13. The van der Waals surface area contributed by atoms with Gasteiger partial charge in [-0.15, -0.1) is 0 Å². The highest BCUT2D eigenvalue weighted by Gasteiger charge is 2.09. The molecule has 2 N–H and O–H groups in total. The standard InChI is InChI=1S/C18H13FN4O3S/c19-13-4-6-14(7-5-13)21-18(27)22-20-11-16-8-9-17(26-16)12-2-1-3-15(10-12)23(24)25/h1-11H,(H2,21,22,27)/b20-11+. The van der Waals surface area contributed by atoms with Gasteiger partial charge in [-0.1, -0.05) is 12.1 Å². The molecule has 0 amide bonds. The van der Waals surface area contributed by atoms with Crippen LogP contribution in [0.1, 0.15) is 5.76 Å². The van der Waals surface area contributed by atoms with Crippen LogP contribution in [0.3, 0.4) is 0 Å². The molecule has 7 nitrogen and oxygen atoms in total. The van der Waals surface area contributed by atoms with Crippen LogP contribution in [-0.4, -0.2) is 16.3 Å². The monoisotopic (exact) mass is 384 g/mol. The molecule has 1 aromatic heterocycles. The number of thiocarbonyl (C=S) groups is 1. The van der Waals surface area contributed by atoms with E-state index in [1.807, 2.05) is 0 Å². The van der Waals surface area contributed by atoms with E-state index in [1.165, 1.54) is 30.5 Å². The van der Waals surface area contributed by atoms with Crippen molar-refractivity contribution in [3.05, 3.63) is 82.4 Å². The minimum atomic E-state index is -0.464. The van der Waals surface area contributed by atoms with Gasteiger partial charge in [0.05, 0.1) is 11.1 Å². The Balaban J connectivity index is 1.60. The van der Waals surface area contributed by atoms with Gasteiger partial charge >= 0.3 is 0 Å². The highest BCUT2D eigenvalue weighted by Crippen LogP contribution is 2.25. The highest BCUT2D eigenvalue weighted by atomic mass is 32.1. The van der Waals surface area contributed by atoms with Gasteiger partial charge in [0.25, 0.3) is 5.69 Å². The summed E-state index contributed by atoms with van der Waals surface area (Å²) in [5.74, 6) is 0.579. The Hall–Kier alpha value is -3.59. The van der Waals surface area contributed by atoms with Crippen molar-refractivity contribution in [2.24, 2.45) is 5.10 Å². The van der Waals surface area contributed by atoms with E-state index in [1.54, 1.807) is 36.4 Å². The summed E-state index contributed by atoms with van der Waals surface area (Å²) in [6, 6.07) is 15.2.